The minimum atomic E-state index is -0.302. The number of benzene rings is 3. The van der Waals surface area contributed by atoms with Crippen molar-refractivity contribution in [3.8, 4) is 0 Å². The SMILES string of the molecule is O=C(CC(=O)c1ccc2ccccc2c1)Nc1ccccc1. The molecule has 0 aromatic heterocycles. The zero-order valence-electron chi connectivity index (χ0n) is 12.0. The number of carbonyl (C=O) groups excluding carboxylic acids is 2. The zero-order valence-corrected chi connectivity index (χ0v) is 12.0. The molecule has 0 bridgehead atoms. The van der Waals surface area contributed by atoms with Gasteiger partial charge in [-0.05, 0) is 29.0 Å². The average Bonchev–Trinajstić information content (AvgIpc) is 2.55. The van der Waals surface area contributed by atoms with Gasteiger partial charge in [0, 0.05) is 11.3 Å². The second kappa shape index (κ2) is 6.22. The highest BCUT2D eigenvalue weighted by Crippen LogP contribution is 2.17. The molecule has 3 aromatic rings. The number of rotatable bonds is 4. The molecule has 0 aliphatic rings. The molecule has 0 radical (unpaired) electrons. The number of carbonyl (C=O) groups is 2. The Morgan fingerprint density at radius 3 is 2.23 bits per heavy atom. The van der Waals surface area contributed by atoms with E-state index in [0.717, 1.165) is 10.8 Å². The molecule has 0 spiro atoms. The number of Topliss-reactive ketones (excluding diaryl/α,β-unsaturated/α-hetero) is 1. The maximum Gasteiger partial charge on any atom is 0.232 e. The first-order valence-electron chi connectivity index (χ1n) is 7.09. The monoisotopic (exact) mass is 289 g/mol. The van der Waals surface area contributed by atoms with Crippen LogP contribution in [0.1, 0.15) is 16.8 Å². The minimum absolute atomic E-state index is 0.159. The van der Waals surface area contributed by atoms with E-state index in [4.69, 9.17) is 0 Å². The van der Waals surface area contributed by atoms with Gasteiger partial charge in [0.05, 0.1) is 6.42 Å². The third kappa shape index (κ3) is 3.20. The molecule has 0 atom stereocenters. The average molecular weight is 289 g/mol. The summed E-state index contributed by atoms with van der Waals surface area (Å²) in [6.45, 7) is 0. The Bertz CT molecular complexity index is 825. The van der Waals surface area contributed by atoms with Crippen LogP contribution in [0, 0.1) is 0 Å². The van der Waals surface area contributed by atoms with Crippen molar-refractivity contribution in [1.82, 2.24) is 0 Å². The number of ketones is 1. The fraction of sp³-hybridized carbons (Fsp3) is 0.0526. The fourth-order valence-electron chi connectivity index (χ4n) is 2.34. The van der Waals surface area contributed by atoms with Crippen LogP contribution in [0.25, 0.3) is 10.8 Å². The predicted molar refractivity (Wildman–Crippen MR) is 88.0 cm³/mol. The summed E-state index contributed by atoms with van der Waals surface area (Å²) in [5.74, 6) is -0.483. The molecule has 1 amide bonds. The van der Waals surface area contributed by atoms with Crippen molar-refractivity contribution >= 4 is 28.2 Å². The van der Waals surface area contributed by atoms with Gasteiger partial charge in [0.25, 0.3) is 0 Å². The molecule has 0 aliphatic heterocycles. The first-order valence-corrected chi connectivity index (χ1v) is 7.09. The van der Waals surface area contributed by atoms with Crippen LogP contribution in [0.5, 0.6) is 0 Å². The summed E-state index contributed by atoms with van der Waals surface area (Å²) >= 11 is 0. The summed E-state index contributed by atoms with van der Waals surface area (Å²) in [5, 5.41) is 4.79. The van der Waals surface area contributed by atoms with Crippen molar-refractivity contribution < 1.29 is 9.59 Å². The molecule has 108 valence electrons. The molecule has 0 saturated heterocycles. The van der Waals surface area contributed by atoms with Gasteiger partial charge in [-0.2, -0.15) is 0 Å². The lowest BCUT2D eigenvalue weighted by Gasteiger charge is -2.05. The fourth-order valence-corrected chi connectivity index (χ4v) is 2.34. The van der Waals surface area contributed by atoms with E-state index in [0.29, 0.717) is 11.3 Å². The van der Waals surface area contributed by atoms with E-state index in [2.05, 4.69) is 5.32 Å². The zero-order chi connectivity index (χ0) is 15.4. The standard InChI is InChI=1S/C19H15NO2/c21-18(13-19(22)20-17-8-2-1-3-9-17)16-11-10-14-6-4-5-7-15(14)12-16/h1-12H,13H2,(H,20,22). The van der Waals surface area contributed by atoms with Crippen molar-refractivity contribution in [2.45, 2.75) is 6.42 Å². The van der Waals surface area contributed by atoms with E-state index >= 15 is 0 Å². The van der Waals surface area contributed by atoms with Gasteiger partial charge in [-0.1, -0.05) is 54.6 Å². The second-order valence-electron chi connectivity index (χ2n) is 5.08. The predicted octanol–water partition coefficient (Wildman–Crippen LogP) is 4.05. The summed E-state index contributed by atoms with van der Waals surface area (Å²) in [5.41, 5.74) is 1.25. The van der Waals surface area contributed by atoms with Crippen molar-refractivity contribution in [1.29, 1.82) is 0 Å². The van der Waals surface area contributed by atoms with Crippen LogP contribution < -0.4 is 5.32 Å². The molecular formula is C19H15NO2. The maximum atomic E-state index is 12.2. The number of hydrogen-bond donors (Lipinski definition) is 1. The first-order chi connectivity index (χ1) is 10.7. The quantitative estimate of drug-likeness (QED) is 0.581. The summed E-state index contributed by atoms with van der Waals surface area (Å²) in [4.78, 5) is 24.2. The molecule has 22 heavy (non-hydrogen) atoms. The largest absolute Gasteiger partial charge is 0.326 e. The summed E-state index contributed by atoms with van der Waals surface area (Å²) in [7, 11) is 0. The van der Waals surface area contributed by atoms with Crippen LogP contribution >= 0.6 is 0 Å². The van der Waals surface area contributed by atoms with Crippen LogP contribution in [-0.2, 0) is 4.79 Å². The van der Waals surface area contributed by atoms with Gasteiger partial charge >= 0.3 is 0 Å². The van der Waals surface area contributed by atoms with Gasteiger partial charge in [0.2, 0.25) is 5.91 Å². The van der Waals surface area contributed by atoms with E-state index in [9.17, 15) is 9.59 Å². The van der Waals surface area contributed by atoms with Crippen LogP contribution in [0.4, 0.5) is 5.69 Å². The lowest BCUT2D eigenvalue weighted by atomic mass is 10.0. The maximum absolute atomic E-state index is 12.2. The van der Waals surface area contributed by atoms with E-state index < -0.39 is 0 Å². The molecule has 3 rings (SSSR count). The summed E-state index contributed by atoms with van der Waals surface area (Å²) < 4.78 is 0. The lowest BCUT2D eigenvalue weighted by Crippen LogP contribution is -2.16. The molecule has 0 fully saturated rings. The summed E-state index contributed by atoms with van der Waals surface area (Å²) in [6, 6.07) is 22.4. The molecule has 3 heteroatoms. The van der Waals surface area contributed by atoms with Crippen LogP contribution in [0.2, 0.25) is 0 Å². The topological polar surface area (TPSA) is 46.2 Å². The number of amides is 1. The number of fused-ring (bicyclic) bond motifs is 1. The normalized spacial score (nSPS) is 10.4. The molecule has 0 unspecified atom stereocenters. The molecular weight excluding hydrogens is 274 g/mol. The molecule has 0 heterocycles. The first kappa shape index (κ1) is 14.0. The van der Waals surface area contributed by atoms with Gasteiger partial charge in [0.15, 0.2) is 5.78 Å². The molecule has 1 N–H and O–H groups in total. The van der Waals surface area contributed by atoms with Crippen molar-refractivity contribution in [2.75, 3.05) is 5.32 Å². The highest BCUT2D eigenvalue weighted by Gasteiger charge is 2.12. The summed E-state index contributed by atoms with van der Waals surface area (Å²) in [6.07, 6.45) is -0.159. The Kier molecular flexibility index (Phi) is 3.97. The number of para-hydroxylation sites is 1. The van der Waals surface area contributed by atoms with E-state index in [1.807, 2.05) is 54.6 Å². The highest BCUT2D eigenvalue weighted by atomic mass is 16.2. The third-order valence-corrected chi connectivity index (χ3v) is 3.45. The van der Waals surface area contributed by atoms with Crippen molar-refractivity contribution in [3.63, 3.8) is 0 Å². The lowest BCUT2D eigenvalue weighted by molar-refractivity contribution is -0.115. The number of hydrogen-bond acceptors (Lipinski definition) is 2. The van der Waals surface area contributed by atoms with Crippen LogP contribution in [0.15, 0.2) is 72.8 Å². The van der Waals surface area contributed by atoms with Gasteiger partial charge < -0.3 is 5.32 Å². The highest BCUT2D eigenvalue weighted by molar-refractivity contribution is 6.12. The molecule has 0 saturated carbocycles. The Labute approximate surface area is 128 Å². The molecule has 0 aliphatic carbocycles. The van der Waals surface area contributed by atoms with Gasteiger partial charge in [0.1, 0.15) is 0 Å². The van der Waals surface area contributed by atoms with Crippen molar-refractivity contribution in [3.05, 3.63) is 78.4 Å². The van der Waals surface area contributed by atoms with E-state index in [1.165, 1.54) is 0 Å². The molecule has 3 nitrogen and oxygen atoms in total. The number of anilines is 1. The van der Waals surface area contributed by atoms with E-state index in [1.54, 1.807) is 18.2 Å². The van der Waals surface area contributed by atoms with Crippen LogP contribution in [-0.4, -0.2) is 11.7 Å². The third-order valence-electron chi connectivity index (χ3n) is 3.45. The second-order valence-corrected chi connectivity index (χ2v) is 5.08. The Balaban J connectivity index is 1.71. The Morgan fingerprint density at radius 2 is 1.45 bits per heavy atom. The number of nitrogens with one attached hydrogen (secondary N) is 1. The molecule has 3 aromatic carbocycles. The smallest absolute Gasteiger partial charge is 0.232 e. The van der Waals surface area contributed by atoms with Gasteiger partial charge in [-0.25, -0.2) is 0 Å². The van der Waals surface area contributed by atoms with Gasteiger partial charge in [-0.3, -0.25) is 9.59 Å². The van der Waals surface area contributed by atoms with E-state index in [-0.39, 0.29) is 18.1 Å². The van der Waals surface area contributed by atoms with Crippen molar-refractivity contribution in [2.24, 2.45) is 0 Å². The minimum Gasteiger partial charge on any atom is -0.326 e. The Hall–Kier alpha value is -2.94. The van der Waals surface area contributed by atoms with Crippen LogP contribution in [0.3, 0.4) is 0 Å². The Morgan fingerprint density at radius 1 is 0.773 bits per heavy atom. The van der Waals surface area contributed by atoms with Gasteiger partial charge in [-0.15, -0.1) is 0 Å².